The number of carbonyl (C=O) groups excluding carboxylic acids is 3. The molecule has 0 aliphatic carbocycles. The molecule has 0 fully saturated rings. The number of aliphatic carboxylic acids is 2. The smallest absolute Gasteiger partial charge is 0.326 e. The molecule has 0 heterocycles. The molecule has 226 valence electrons. The Labute approximate surface area is 247 Å². The van der Waals surface area contributed by atoms with E-state index in [1.54, 1.807) is 60.7 Å². The van der Waals surface area contributed by atoms with Crippen molar-refractivity contribution in [2.24, 2.45) is 5.73 Å². The van der Waals surface area contributed by atoms with Gasteiger partial charge in [0.25, 0.3) is 0 Å². The molecule has 43 heavy (non-hydrogen) atoms. The molecular weight excluding hydrogens is 556 g/mol. The second-order valence-electron chi connectivity index (χ2n) is 9.98. The van der Waals surface area contributed by atoms with Crippen molar-refractivity contribution < 1.29 is 39.3 Å². The maximum absolute atomic E-state index is 13.6. The topological polar surface area (TPSA) is 208 Å². The third kappa shape index (κ3) is 10.6. The summed E-state index contributed by atoms with van der Waals surface area (Å²) in [6.45, 7) is 0. The number of rotatable bonds is 15. The number of phenols is 1. The standard InChI is InChI=1S/C31H34N4O8/c32-23(18-27(37)38)28(39)33-24(15-19-7-3-1-4-8-19)29(40)34-25(16-20-9-5-2-6-10-20)30(41)35-26(31(42)43)17-21-11-13-22(36)14-12-21/h1-14,23-26,36H,15-18,32H2,(H,33,39)(H,34,40)(H,35,41)(H,37,38)(H,42,43). The lowest BCUT2D eigenvalue weighted by molar-refractivity contribution is -0.142. The van der Waals surface area contributed by atoms with Crippen LogP contribution >= 0.6 is 0 Å². The van der Waals surface area contributed by atoms with Crippen LogP contribution in [0, 0.1) is 0 Å². The summed E-state index contributed by atoms with van der Waals surface area (Å²) in [5.41, 5.74) is 7.62. The fourth-order valence-electron chi connectivity index (χ4n) is 4.29. The molecule has 0 aliphatic heterocycles. The van der Waals surface area contributed by atoms with E-state index in [1.165, 1.54) is 24.3 Å². The van der Waals surface area contributed by atoms with E-state index < -0.39 is 60.2 Å². The summed E-state index contributed by atoms with van der Waals surface area (Å²) < 4.78 is 0. The molecule has 0 aromatic heterocycles. The van der Waals surface area contributed by atoms with Gasteiger partial charge in [0, 0.05) is 19.3 Å². The number of phenolic OH excluding ortho intramolecular Hbond substituents is 1. The quantitative estimate of drug-likeness (QED) is 0.133. The fraction of sp³-hybridized carbons (Fsp3) is 0.258. The maximum atomic E-state index is 13.6. The van der Waals surface area contributed by atoms with Crippen LogP contribution in [0.2, 0.25) is 0 Å². The summed E-state index contributed by atoms with van der Waals surface area (Å²) >= 11 is 0. The third-order valence-electron chi connectivity index (χ3n) is 6.55. The molecule has 0 aliphatic rings. The Balaban J connectivity index is 1.84. The van der Waals surface area contributed by atoms with Gasteiger partial charge in [0.05, 0.1) is 12.5 Å². The monoisotopic (exact) mass is 590 g/mol. The van der Waals surface area contributed by atoms with Gasteiger partial charge in [0.15, 0.2) is 0 Å². The second-order valence-corrected chi connectivity index (χ2v) is 9.98. The van der Waals surface area contributed by atoms with Gasteiger partial charge in [-0.25, -0.2) is 4.79 Å². The normalized spacial score (nSPS) is 13.5. The largest absolute Gasteiger partial charge is 0.508 e. The number of aromatic hydroxyl groups is 1. The Hall–Kier alpha value is -5.23. The van der Waals surface area contributed by atoms with Crippen LogP contribution in [0.3, 0.4) is 0 Å². The maximum Gasteiger partial charge on any atom is 0.326 e. The zero-order valence-corrected chi connectivity index (χ0v) is 23.2. The highest BCUT2D eigenvalue weighted by Gasteiger charge is 2.31. The SMILES string of the molecule is NC(CC(=O)O)C(=O)NC(Cc1ccccc1)C(=O)NC(Cc1ccccc1)C(=O)NC(Cc1ccc(O)cc1)C(=O)O. The molecule has 0 radical (unpaired) electrons. The molecule has 12 nitrogen and oxygen atoms in total. The van der Waals surface area contributed by atoms with E-state index in [0.717, 1.165) is 0 Å². The predicted molar refractivity (Wildman–Crippen MR) is 156 cm³/mol. The van der Waals surface area contributed by atoms with E-state index in [0.29, 0.717) is 16.7 Å². The highest BCUT2D eigenvalue weighted by Crippen LogP contribution is 2.12. The molecule has 12 heteroatoms. The van der Waals surface area contributed by atoms with Crippen molar-refractivity contribution in [2.45, 2.75) is 49.9 Å². The number of hydrogen-bond acceptors (Lipinski definition) is 7. The van der Waals surface area contributed by atoms with Gasteiger partial charge >= 0.3 is 11.9 Å². The van der Waals surface area contributed by atoms with Crippen molar-refractivity contribution in [1.82, 2.24) is 16.0 Å². The first kappa shape index (κ1) is 32.3. The number of nitrogens with one attached hydrogen (secondary N) is 3. The van der Waals surface area contributed by atoms with E-state index in [1.807, 2.05) is 0 Å². The Morgan fingerprint density at radius 2 is 0.977 bits per heavy atom. The minimum absolute atomic E-state index is 0.00589. The Bertz CT molecular complexity index is 1400. The van der Waals surface area contributed by atoms with Gasteiger partial charge in [0.1, 0.15) is 23.9 Å². The highest BCUT2D eigenvalue weighted by molar-refractivity contribution is 5.95. The van der Waals surface area contributed by atoms with Crippen LogP contribution in [0.4, 0.5) is 0 Å². The number of hydrogen-bond donors (Lipinski definition) is 7. The number of amides is 3. The lowest BCUT2D eigenvalue weighted by atomic mass is 10.0. The van der Waals surface area contributed by atoms with Gasteiger partial charge in [-0.15, -0.1) is 0 Å². The van der Waals surface area contributed by atoms with E-state index in [9.17, 15) is 34.2 Å². The molecule has 0 saturated heterocycles. The minimum atomic E-state index is -1.41. The summed E-state index contributed by atoms with van der Waals surface area (Å²) in [5.74, 6) is -4.95. The Morgan fingerprint density at radius 1 is 0.581 bits per heavy atom. The molecule has 4 unspecified atom stereocenters. The van der Waals surface area contributed by atoms with Crippen LogP contribution in [0.1, 0.15) is 23.1 Å². The van der Waals surface area contributed by atoms with Gasteiger partial charge in [-0.2, -0.15) is 0 Å². The zero-order chi connectivity index (χ0) is 31.4. The van der Waals surface area contributed by atoms with Crippen LogP contribution in [0.25, 0.3) is 0 Å². The van der Waals surface area contributed by atoms with Crippen LogP contribution in [-0.2, 0) is 43.2 Å². The summed E-state index contributed by atoms with van der Waals surface area (Å²) in [7, 11) is 0. The molecule has 4 atom stereocenters. The molecule has 3 aromatic rings. The minimum Gasteiger partial charge on any atom is -0.508 e. The number of carbonyl (C=O) groups is 5. The summed E-state index contributed by atoms with van der Waals surface area (Å²) in [4.78, 5) is 62.8. The summed E-state index contributed by atoms with van der Waals surface area (Å²) in [5, 5.41) is 35.9. The Morgan fingerprint density at radius 3 is 1.42 bits per heavy atom. The molecule has 0 saturated carbocycles. The van der Waals surface area contributed by atoms with Crippen LogP contribution in [0.5, 0.6) is 5.75 Å². The van der Waals surface area contributed by atoms with Crippen molar-refractivity contribution in [1.29, 1.82) is 0 Å². The molecule has 3 aromatic carbocycles. The number of carboxylic acids is 2. The van der Waals surface area contributed by atoms with Crippen LogP contribution < -0.4 is 21.7 Å². The first-order chi connectivity index (χ1) is 20.5. The van der Waals surface area contributed by atoms with E-state index >= 15 is 0 Å². The van der Waals surface area contributed by atoms with Crippen molar-refractivity contribution in [3.63, 3.8) is 0 Å². The number of carboxylic acid groups (broad SMARTS) is 2. The molecule has 3 amide bonds. The molecule has 0 spiro atoms. The Kier molecular flexibility index (Phi) is 11.8. The fourth-order valence-corrected chi connectivity index (χ4v) is 4.29. The molecule has 0 bridgehead atoms. The second kappa shape index (κ2) is 15.7. The average Bonchev–Trinajstić information content (AvgIpc) is 2.97. The molecule has 3 rings (SSSR count). The molecule has 8 N–H and O–H groups in total. The first-order valence-electron chi connectivity index (χ1n) is 13.5. The lowest BCUT2D eigenvalue weighted by Gasteiger charge is -2.25. The van der Waals surface area contributed by atoms with Crippen molar-refractivity contribution >= 4 is 29.7 Å². The van der Waals surface area contributed by atoms with Crippen molar-refractivity contribution in [2.75, 3.05) is 0 Å². The van der Waals surface area contributed by atoms with Crippen molar-refractivity contribution in [3.8, 4) is 5.75 Å². The average molecular weight is 591 g/mol. The van der Waals surface area contributed by atoms with Gasteiger partial charge in [-0.3, -0.25) is 19.2 Å². The number of nitrogens with two attached hydrogens (primary N) is 1. The first-order valence-corrected chi connectivity index (χ1v) is 13.5. The summed E-state index contributed by atoms with van der Waals surface area (Å²) in [6.07, 6.45) is -0.714. The van der Waals surface area contributed by atoms with Gasteiger partial charge in [0.2, 0.25) is 17.7 Å². The van der Waals surface area contributed by atoms with Crippen LogP contribution in [-0.4, -0.2) is 69.1 Å². The zero-order valence-electron chi connectivity index (χ0n) is 23.2. The third-order valence-corrected chi connectivity index (χ3v) is 6.55. The molecular formula is C31H34N4O8. The van der Waals surface area contributed by atoms with Gasteiger partial charge in [-0.05, 0) is 28.8 Å². The van der Waals surface area contributed by atoms with E-state index in [-0.39, 0.29) is 25.0 Å². The van der Waals surface area contributed by atoms with Crippen molar-refractivity contribution in [3.05, 3.63) is 102 Å². The lowest BCUT2D eigenvalue weighted by Crippen LogP contribution is -2.58. The number of benzene rings is 3. The van der Waals surface area contributed by atoms with E-state index in [4.69, 9.17) is 10.8 Å². The van der Waals surface area contributed by atoms with Crippen LogP contribution in [0.15, 0.2) is 84.9 Å². The summed E-state index contributed by atoms with van der Waals surface area (Å²) in [6, 6.07) is 18.1. The van der Waals surface area contributed by atoms with Gasteiger partial charge in [-0.1, -0.05) is 72.8 Å². The van der Waals surface area contributed by atoms with Gasteiger partial charge < -0.3 is 37.0 Å². The predicted octanol–water partition coefficient (Wildman–Crippen LogP) is 0.761. The highest BCUT2D eigenvalue weighted by atomic mass is 16.4. The van der Waals surface area contributed by atoms with E-state index in [2.05, 4.69) is 16.0 Å².